The van der Waals surface area contributed by atoms with Gasteiger partial charge in [0, 0.05) is 37.3 Å². The maximum atomic E-state index is 12.8. The number of carbonyl (C=O) groups is 2. The smallest absolute Gasteiger partial charge is 0.405 e. The second kappa shape index (κ2) is 14.0. The minimum absolute atomic E-state index is 0.00464. The molecule has 2 bridgehead atoms. The van der Waals surface area contributed by atoms with Crippen molar-refractivity contribution >= 4 is 23.4 Å². The summed E-state index contributed by atoms with van der Waals surface area (Å²) in [6, 6.07) is 1.19. The van der Waals surface area contributed by atoms with Gasteiger partial charge >= 0.3 is 6.09 Å². The molecule has 8 N–H and O–H groups in total. The van der Waals surface area contributed by atoms with E-state index in [0.717, 1.165) is 0 Å². The third-order valence-electron chi connectivity index (χ3n) is 6.87. The van der Waals surface area contributed by atoms with Crippen LogP contribution in [-0.4, -0.2) is 66.0 Å². The molecule has 1 aliphatic heterocycles. The van der Waals surface area contributed by atoms with Gasteiger partial charge in [-0.25, -0.2) is 4.79 Å². The first kappa shape index (κ1) is 31.7. The Kier molecular flexibility index (Phi) is 11.4. The minimum Gasteiger partial charge on any atom is -0.506 e. The number of nitrogens with one attached hydrogen (secondary N) is 1. The number of fused-ring (bicyclic) bond motifs is 2. The number of aromatic hydroxyl groups is 2. The maximum Gasteiger partial charge on any atom is 0.405 e. The van der Waals surface area contributed by atoms with Crippen LogP contribution in [0.25, 0.3) is 0 Å². The first-order chi connectivity index (χ1) is 18.3. The van der Waals surface area contributed by atoms with Crippen molar-refractivity contribution in [3.63, 3.8) is 0 Å². The zero-order valence-electron chi connectivity index (χ0n) is 23.3. The van der Waals surface area contributed by atoms with Gasteiger partial charge < -0.3 is 46.3 Å². The van der Waals surface area contributed by atoms with E-state index in [1.54, 1.807) is 39.0 Å². The molecule has 0 aromatic heterocycles. The van der Waals surface area contributed by atoms with Crippen LogP contribution in [0.2, 0.25) is 0 Å². The summed E-state index contributed by atoms with van der Waals surface area (Å²) in [6.07, 6.45) is 2.90. The van der Waals surface area contributed by atoms with Crippen molar-refractivity contribution in [1.82, 2.24) is 0 Å². The van der Waals surface area contributed by atoms with Gasteiger partial charge in [-0.1, -0.05) is 38.2 Å². The number of hydrogen-bond acceptors (Lipinski definition) is 9. The number of primary amides is 1. The second-order valence-electron chi connectivity index (χ2n) is 10.0. The molecule has 0 radical (unpaired) electrons. The van der Waals surface area contributed by atoms with Gasteiger partial charge in [0.2, 0.25) is 0 Å². The van der Waals surface area contributed by atoms with E-state index < -0.39 is 42.3 Å². The fourth-order valence-corrected chi connectivity index (χ4v) is 4.63. The summed E-state index contributed by atoms with van der Waals surface area (Å²) >= 11 is 0. The first-order valence-corrected chi connectivity index (χ1v) is 12.7. The van der Waals surface area contributed by atoms with Crippen LogP contribution < -0.4 is 16.8 Å². The minimum atomic E-state index is -0.992. The van der Waals surface area contributed by atoms with Crippen LogP contribution in [0.1, 0.15) is 39.7 Å². The fraction of sp³-hybridized carbons (Fsp3) is 0.500. The molecule has 0 aliphatic carbocycles. The number of phenols is 2. The second-order valence-corrected chi connectivity index (χ2v) is 10.0. The lowest BCUT2D eigenvalue weighted by atomic mass is 9.87. The number of methoxy groups -OCH3 is 2. The summed E-state index contributed by atoms with van der Waals surface area (Å²) in [6.45, 7) is 7.01. The summed E-state index contributed by atoms with van der Waals surface area (Å²) in [4.78, 5) is 24.5. The van der Waals surface area contributed by atoms with Crippen LogP contribution in [0.15, 0.2) is 41.5 Å². The number of benzene rings is 1. The van der Waals surface area contributed by atoms with Crippen LogP contribution in [0.4, 0.5) is 16.2 Å². The van der Waals surface area contributed by atoms with Crippen LogP contribution in [0.5, 0.6) is 11.5 Å². The highest BCUT2D eigenvalue weighted by Gasteiger charge is 2.30. The molecular weight excluding hydrogens is 506 g/mol. The highest BCUT2D eigenvalue weighted by atomic mass is 16.6. The molecule has 2 amide bonds. The zero-order chi connectivity index (χ0) is 29.4. The molecule has 0 fully saturated rings. The van der Waals surface area contributed by atoms with Crippen LogP contribution in [0, 0.1) is 11.8 Å². The number of amides is 2. The van der Waals surface area contributed by atoms with E-state index >= 15 is 0 Å². The lowest BCUT2D eigenvalue weighted by Crippen LogP contribution is -2.37. The summed E-state index contributed by atoms with van der Waals surface area (Å²) in [5.41, 5.74) is 12.6. The van der Waals surface area contributed by atoms with Gasteiger partial charge in [0.15, 0.2) is 6.10 Å². The first-order valence-electron chi connectivity index (χ1n) is 12.7. The van der Waals surface area contributed by atoms with Gasteiger partial charge in [0.1, 0.15) is 17.6 Å². The Labute approximate surface area is 229 Å². The average molecular weight is 548 g/mol. The van der Waals surface area contributed by atoms with E-state index in [2.05, 4.69) is 5.32 Å². The predicted molar refractivity (Wildman–Crippen MR) is 148 cm³/mol. The lowest BCUT2D eigenvalue weighted by Gasteiger charge is -2.29. The standard InChI is InChI=1S/C28H41N3O8/c1-14-10-18-23(29)20(32)13-19(25(18)34)31-27(35)15(2)8-7-9-21(37-5)26(39-28(30)36)17(4)12-16(3)24(33)22(11-14)38-6/h7-9,12-14,16,21-22,24,26,32-34H,10-11,29H2,1-6H3,(H2,30,36)(H,31,35)/b9-7-,15-8+,17-12+/t14-,16+,21+,22+,24-,26+/m1/s1. The number of phenolic OH excluding ortho intramolecular Hbond substituents is 2. The lowest BCUT2D eigenvalue weighted by molar-refractivity contribution is -0.112. The van der Waals surface area contributed by atoms with Gasteiger partial charge in [-0.2, -0.15) is 0 Å². The molecular formula is C28H41N3O8. The van der Waals surface area contributed by atoms with Crippen molar-refractivity contribution in [3.8, 4) is 11.5 Å². The van der Waals surface area contributed by atoms with Gasteiger partial charge in [-0.3, -0.25) is 4.79 Å². The Morgan fingerprint density at radius 2 is 1.82 bits per heavy atom. The number of ether oxygens (including phenoxy) is 3. The summed E-state index contributed by atoms with van der Waals surface area (Å²) in [5, 5.41) is 35.0. The molecule has 216 valence electrons. The maximum absolute atomic E-state index is 12.8. The van der Waals surface area contributed by atoms with E-state index in [-0.39, 0.29) is 46.3 Å². The normalized spacial score (nSPS) is 30.8. The number of allylic oxidation sites excluding steroid dienone is 2. The van der Waals surface area contributed by atoms with Crippen LogP contribution in [-0.2, 0) is 25.4 Å². The van der Waals surface area contributed by atoms with Crippen LogP contribution >= 0.6 is 0 Å². The molecule has 1 aromatic rings. The average Bonchev–Trinajstić information content (AvgIpc) is 2.88. The third kappa shape index (κ3) is 8.22. The number of nitrogens with two attached hydrogens (primary N) is 2. The highest BCUT2D eigenvalue weighted by Crippen LogP contribution is 2.40. The molecule has 1 aliphatic rings. The topological polar surface area (TPSA) is 187 Å². The number of carbonyl (C=O) groups excluding carboxylic acids is 2. The molecule has 0 unspecified atom stereocenters. The molecule has 1 aromatic carbocycles. The van der Waals surface area contributed by atoms with E-state index in [9.17, 15) is 24.9 Å². The van der Waals surface area contributed by atoms with Gasteiger partial charge in [0.25, 0.3) is 5.91 Å². The number of aliphatic hydroxyl groups excluding tert-OH is 1. The van der Waals surface area contributed by atoms with E-state index in [4.69, 9.17) is 25.7 Å². The number of aliphatic hydroxyl groups is 1. The molecule has 1 heterocycles. The molecule has 2 rings (SSSR count). The van der Waals surface area contributed by atoms with E-state index in [1.807, 2.05) is 6.92 Å². The monoisotopic (exact) mass is 547 g/mol. The molecule has 11 nitrogen and oxygen atoms in total. The summed E-state index contributed by atoms with van der Waals surface area (Å²) in [5.74, 6) is -1.63. The Hall–Kier alpha value is -3.54. The molecule has 0 spiro atoms. The van der Waals surface area contributed by atoms with Crippen molar-refractivity contribution in [1.29, 1.82) is 0 Å². The van der Waals surface area contributed by atoms with Crippen LogP contribution in [0.3, 0.4) is 0 Å². The SMILES string of the molecule is CO[C@H]1/C=C\C=C(/C)C(=O)Nc2cc(O)c(N)c(c2O)C[C@@H](C)C[C@H](OC)[C@H](O)[C@@H](C)/C=C(\C)[C@@H]1OC(N)=O. The van der Waals surface area contributed by atoms with Crippen molar-refractivity contribution in [2.24, 2.45) is 17.6 Å². The number of hydrogen-bond donors (Lipinski definition) is 6. The Balaban J connectivity index is 2.62. The molecule has 0 saturated heterocycles. The van der Waals surface area contributed by atoms with Gasteiger partial charge in [-0.15, -0.1) is 0 Å². The highest BCUT2D eigenvalue weighted by molar-refractivity contribution is 6.04. The third-order valence-corrected chi connectivity index (χ3v) is 6.87. The summed E-state index contributed by atoms with van der Waals surface area (Å²) in [7, 11) is 2.93. The van der Waals surface area contributed by atoms with Crippen molar-refractivity contribution in [3.05, 3.63) is 47.1 Å². The number of anilines is 2. The van der Waals surface area contributed by atoms with Crippen molar-refractivity contribution < 1.29 is 39.1 Å². The number of rotatable bonds is 3. The Morgan fingerprint density at radius 1 is 1.15 bits per heavy atom. The van der Waals surface area contributed by atoms with E-state index in [1.165, 1.54) is 26.4 Å². The van der Waals surface area contributed by atoms with Crippen molar-refractivity contribution in [2.75, 3.05) is 25.3 Å². The molecule has 6 atom stereocenters. The molecule has 11 heteroatoms. The predicted octanol–water partition coefficient (Wildman–Crippen LogP) is 3.14. The Morgan fingerprint density at radius 3 is 2.41 bits per heavy atom. The zero-order valence-corrected chi connectivity index (χ0v) is 23.3. The fourth-order valence-electron chi connectivity index (χ4n) is 4.63. The summed E-state index contributed by atoms with van der Waals surface area (Å²) < 4.78 is 16.5. The Bertz CT molecular complexity index is 1130. The molecule has 39 heavy (non-hydrogen) atoms. The van der Waals surface area contributed by atoms with Gasteiger partial charge in [0.05, 0.1) is 23.6 Å². The number of nitrogen functional groups attached to an aromatic ring is 1. The van der Waals surface area contributed by atoms with Gasteiger partial charge in [-0.05, 0) is 38.2 Å². The van der Waals surface area contributed by atoms with Crippen molar-refractivity contribution in [2.45, 2.75) is 65.0 Å². The molecule has 0 saturated carbocycles. The van der Waals surface area contributed by atoms with E-state index in [0.29, 0.717) is 12.0 Å². The largest absolute Gasteiger partial charge is 0.506 e. The quantitative estimate of drug-likeness (QED) is 0.143.